The summed E-state index contributed by atoms with van der Waals surface area (Å²) in [6.45, 7) is 2.51. The van der Waals surface area contributed by atoms with E-state index in [0.29, 0.717) is 0 Å². The van der Waals surface area contributed by atoms with E-state index in [1.54, 1.807) is 0 Å². The number of aliphatic carboxylic acids is 1. The van der Waals surface area contributed by atoms with Crippen molar-refractivity contribution >= 4 is 12.1 Å². The Balaban J connectivity index is 4.12. The molecule has 64 valence electrons. The van der Waals surface area contributed by atoms with Crippen molar-refractivity contribution in [1.82, 2.24) is 0 Å². The van der Waals surface area contributed by atoms with E-state index in [0.717, 1.165) is 7.11 Å². The van der Waals surface area contributed by atoms with E-state index in [1.165, 1.54) is 13.8 Å². The molecular formula is C6H10O5. The number of methoxy groups -OCH3 is 1. The van der Waals surface area contributed by atoms with Crippen molar-refractivity contribution in [1.29, 1.82) is 0 Å². The number of carboxylic acid groups (broad SMARTS) is 1. The Labute approximate surface area is 63.9 Å². The van der Waals surface area contributed by atoms with E-state index in [9.17, 15) is 9.59 Å². The number of carbonyl (C=O) groups is 2. The fourth-order valence-corrected chi connectivity index (χ4v) is 0.294. The van der Waals surface area contributed by atoms with Gasteiger partial charge in [-0.15, -0.1) is 0 Å². The smallest absolute Gasteiger partial charge is 0.478 e. The highest BCUT2D eigenvalue weighted by Gasteiger charge is 2.32. The summed E-state index contributed by atoms with van der Waals surface area (Å²) in [5.74, 6) is -1.22. The van der Waals surface area contributed by atoms with E-state index >= 15 is 0 Å². The van der Waals surface area contributed by atoms with Crippen molar-refractivity contribution in [2.75, 3.05) is 7.11 Å². The predicted molar refractivity (Wildman–Crippen MR) is 35.2 cm³/mol. The van der Waals surface area contributed by atoms with Gasteiger partial charge in [0.05, 0.1) is 7.11 Å². The molecule has 0 radical (unpaired) electrons. The highest BCUT2D eigenvalue weighted by molar-refractivity contribution is 5.79. The second-order valence-corrected chi connectivity index (χ2v) is 2.37. The van der Waals surface area contributed by atoms with Gasteiger partial charge in [0.15, 0.2) is 0 Å². The van der Waals surface area contributed by atoms with Gasteiger partial charge in [-0.3, -0.25) is 0 Å². The fraction of sp³-hybridized carbons (Fsp3) is 0.667. The standard InChI is InChI=1S/C6H10O5/c1-6(2,4(7)8)11-5(9)10-3/h1-3H3,(H,7,8). The summed E-state index contributed by atoms with van der Waals surface area (Å²) in [7, 11) is 1.11. The van der Waals surface area contributed by atoms with Crippen LogP contribution in [0.25, 0.3) is 0 Å². The number of hydrogen-bond donors (Lipinski definition) is 1. The molecule has 0 aromatic heterocycles. The molecule has 0 rings (SSSR count). The van der Waals surface area contributed by atoms with Gasteiger partial charge in [0.1, 0.15) is 0 Å². The average Bonchev–Trinajstić information content (AvgIpc) is 1.86. The van der Waals surface area contributed by atoms with Crippen LogP contribution in [0, 0.1) is 0 Å². The predicted octanol–water partition coefficient (Wildman–Crippen LogP) is 0.633. The molecular weight excluding hydrogens is 152 g/mol. The molecule has 0 saturated carbocycles. The molecule has 0 spiro atoms. The number of ether oxygens (including phenoxy) is 2. The van der Waals surface area contributed by atoms with Crippen LogP contribution in [-0.2, 0) is 14.3 Å². The molecule has 5 nitrogen and oxygen atoms in total. The molecule has 0 aliphatic heterocycles. The molecule has 1 N–H and O–H groups in total. The Morgan fingerprint density at radius 3 is 2.09 bits per heavy atom. The van der Waals surface area contributed by atoms with Gasteiger partial charge >= 0.3 is 12.1 Å². The Kier molecular flexibility index (Phi) is 2.86. The molecule has 11 heavy (non-hydrogen) atoms. The normalized spacial score (nSPS) is 10.5. The minimum Gasteiger partial charge on any atom is -0.478 e. The van der Waals surface area contributed by atoms with Crippen LogP contribution < -0.4 is 0 Å². The van der Waals surface area contributed by atoms with Crippen LogP contribution >= 0.6 is 0 Å². The second kappa shape index (κ2) is 3.23. The summed E-state index contributed by atoms with van der Waals surface area (Å²) in [4.78, 5) is 20.8. The summed E-state index contributed by atoms with van der Waals surface area (Å²) in [6, 6.07) is 0. The SMILES string of the molecule is COC(=O)OC(C)(C)C(=O)O. The number of hydrogen-bond acceptors (Lipinski definition) is 4. The molecule has 0 aliphatic rings. The van der Waals surface area contributed by atoms with Crippen molar-refractivity contribution in [3.8, 4) is 0 Å². The lowest BCUT2D eigenvalue weighted by Gasteiger charge is -2.18. The first-order valence-electron chi connectivity index (χ1n) is 2.90. The molecule has 0 fully saturated rings. The Bertz CT molecular complexity index is 172. The van der Waals surface area contributed by atoms with Gasteiger partial charge < -0.3 is 14.6 Å². The van der Waals surface area contributed by atoms with Gasteiger partial charge in [0, 0.05) is 0 Å². The quantitative estimate of drug-likeness (QED) is 0.603. The van der Waals surface area contributed by atoms with Crippen LogP contribution in [0.4, 0.5) is 4.79 Å². The largest absolute Gasteiger partial charge is 0.509 e. The van der Waals surface area contributed by atoms with E-state index < -0.39 is 17.7 Å². The minimum atomic E-state index is -1.53. The van der Waals surface area contributed by atoms with Gasteiger partial charge in [0.2, 0.25) is 5.60 Å². The number of carbonyl (C=O) groups excluding carboxylic acids is 1. The van der Waals surface area contributed by atoms with Gasteiger partial charge in [-0.25, -0.2) is 9.59 Å². The van der Waals surface area contributed by atoms with Crippen molar-refractivity contribution in [3.63, 3.8) is 0 Å². The average molecular weight is 162 g/mol. The Hall–Kier alpha value is -1.26. The third-order valence-corrected chi connectivity index (χ3v) is 1.02. The molecule has 0 aromatic carbocycles. The van der Waals surface area contributed by atoms with Crippen LogP contribution in [-0.4, -0.2) is 29.9 Å². The monoisotopic (exact) mass is 162 g/mol. The van der Waals surface area contributed by atoms with Crippen LogP contribution in [0.1, 0.15) is 13.8 Å². The maximum atomic E-state index is 10.4. The summed E-state index contributed by atoms with van der Waals surface area (Å²) >= 11 is 0. The zero-order chi connectivity index (χ0) is 9.07. The van der Waals surface area contributed by atoms with Crippen LogP contribution in [0.5, 0.6) is 0 Å². The highest BCUT2D eigenvalue weighted by atomic mass is 16.7. The highest BCUT2D eigenvalue weighted by Crippen LogP contribution is 2.09. The summed E-state index contributed by atoms with van der Waals surface area (Å²) in [6.07, 6.45) is -1.00. The first-order chi connectivity index (χ1) is 4.90. The third-order valence-electron chi connectivity index (χ3n) is 1.02. The molecule has 0 heterocycles. The molecule has 5 heteroatoms. The lowest BCUT2D eigenvalue weighted by Crippen LogP contribution is -2.36. The molecule has 0 aromatic rings. The molecule has 0 bridgehead atoms. The van der Waals surface area contributed by atoms with Crippen molar-refractivity contribution in [2.45, 2.75) is 19.4 Å². The maximum Gasteiger partial charge on any atom is 0.509 e. The summed E-state index contributed by atoms with van der Waals surface area (Å²) < 4.78 is 8.50. The fourth-order valence-electron chi connectivity index (χ4n) is 0.294. The molecule has 0 amide bonds. The molecule has 0 aliphatic carbocycles. The third kappa shape index (κ3) is 2.88. The maximum absolute atomic E-state index is 10.4. The first kappa shape index (κ1) is 9.74. The van der Waals surface area contributed by atoms with Crippen LogP contribution in [0.2, 0.25) is 0 Å². The second-order valence-electron chi connectivity index (χ2n) is 2.37. The van der Waals surface area contributed by atoms with Gasteiger partial charge in [-0.05, 0) is 13.8 Å². The van der Waals surface area contributed by atoms with E-state index in [2.05, 4.69) is 9.47 Å². The topological polar surface area (TPSA) is 72.8 Å². The van der Waals surface area contributed by atoms with Crippen LogP contribution in [0.3, 0.4) is 0 Å². The molecule has 0 saturated heterocycles. The van der Waals surface area contributed by atoms with Gasteiger partial charge in [-0.1, -0.05) is 0 Å². The van der Waals surface area contributed by atoms with Gasteiger partial charge in [-0.2, -0.15) is 0 Å². The number of rotatable bonds is 2. The Morgan fingerprint density at radius 1 is 1.36 bits per heavy atom. The summed E-state index contributed by atoms with van der Waals surface area (Å²) in [5.41, 5.74) is -1.53. The lowest BCUT2D eigenvalue weighted by molar-refractivity contribution is -0.156. The van der Waals surface area contributed by atoms with Crippen molar-refractivity contribution < 1.29 is 24.2 Å². The minimum absolute atomic E-state index is 1.00. The lowest BCUT2D eigenvalue weighted by atomic mass is 10.1. The van der Waals surface area contributed by atoms with E-state index in [-0.39, 0.29) is 0 Å². The van der Waals surface area contributed by atoms with E-state index in [1.807, 2.05) is 0 Å². The van der Waals surface area contributed by atoms with Crippen molar-refractivity contribution in [3.05, 3.63) is 0 Å². The summed E-state index contributed by atoms with van der Waals surface area (Å²) in [5, 5.41) is 8.45. The first-order valence-corrected chi connectivity index (χ1v) is 2.90. The molecule has 0 unspecified atom stereocenters. The molecule has 0 atom stereocenters. The number of carboxylic acids is 1. The Morgan fingerprint density at radius 2 is 1.82 bits per heavy atom. The zero-order valence-corrected chi connectivity index (χ0v) is 6.58. The van der Waals surface area contributed by atoms with E-state index in [4.69, 9.17) is 5.11 Å². The zero-order valence-electron chi connectivity index (χ0n) is 6.58. The van der Waals surface area contributed by atoms with Crippen molar-refractivity contribution in [2.24, 2.45) is 0 Å². The van der Waals surface area contributed by atoms with Crippen LogP contribution in [0.15, 0.2) is 0 Å². The van der Waals surface area contributed by atoms with Gasteiger partial charge in [0.25, 0.3) is 0 Å².